The van der Waals surface area contributed by atoms with Crippen molar-refractivity contribution >= 4 is 17.9 Å². The zero-order valence-electron chi connectivity index (χ0n) is 14.8. The van der Waals surface area contributed by atoms with Crippen molar-refractivity contribution in [2.45, 2.75) is 25.6 Å². The Morgan fingerprint density at radius 2 is 2.00 bits per heavy atom. The molecule has 3 aliphatic rings. The lowest BCUT2D eigenvalue weighted by atomic mass is 9.97. The van der Waals surface area contributed by atoms with Crippen LogP contribution in [0.15, 0.2) is 47.7 Å². The maximum absolute atomic E-state index is 12.7. The quantitative estimate of drug-likeness (QED) is 0.646. The van der Waals surface area contributed by atoms with Gasteiger partial charge in [0.1, 0.15) is 0 Å². The van der Waals surface area contributed by atoms with E-state index >= 15 is 0 Å². The minimum atomic E-state index is -1.29. The highest BCUT2D eigenvalue weighted by Crippen LogP contribution is 2.49. The summed E-state index contributed by atoms with van der Waals surface area (Å²) in [5, 5.41) is 10.6. The van der Waals surface area contributed by atoms with E-state index in [1.807, 2.05) is 24.3 Å². The average molecular weight is 370 g/mol. The molecule has 1 aromatic rings. The van der Waals surface area contributed by atoms with Gasteiger partial charge in [0.2, 0.25) is 6.23 Å². The molecule has 0 saturated carbocycles. The van der Waals surface area contributed by atoms with Crippen molar-refractivity contribution < 1.29 is 29.1 Å². The van der Waals surface area contributed by atoms with E-state index in [0.29, 0.717) is 12.0 Å². The number of fused-ring (bicyclic) bond motifs is 3. The predicted octanol–water partition coefficient (Wildman–Crippen LogP) is 2.00. The van der Waals surface area contributed by atoms with E-state index in [-0.39, 0.29) is 17.4 Å². The fourth-order valence-corrected chi connectivity index (χ4v) is 4.01. The van der Waals surface area contributed by atoms with Crippen molar-refractivity contribution in [1.82, 2.24) is 9.96 Å². The summed E-state index contributed by atoms with van der Waals surface area (Å²) in [6.45, 7) is 1.64. The van der Waals surface area contributed by atoms with E-state index in [1.54, 1.807) is 13.0 Å². The van der Waals surface area contributed by atoms with Crippen molar-refractivity contribution in [3.05, 3.63) is 58.9 Å². The fourth-order valence-electron chi connectivity index (χ4n) is 4.01. The Kier molecular flexibility index (Phi) is 4.00. The smallest absolute Gasteiger partial charge is 0.414 e. The lowest BCUT2D eigenvalue weighted by molar-refractivity contribution is -0.201. The Balaban J connectivity index is 1.66. The standard InChI is InChI=1S/C19H18N2O6/c1-10-7-15(21(26-2)17(10)22)27-9-14-13-8-11-5-3-4-6-12(11)16(13)20(18(14)23)19(24)25/h3-7,9,13,15-16H,8H2,1-2H3,(H,24,25)/b14-9+. The highest BCUT2D eigenvalue weighted by Gasteiger charge is 2.52. The number of nitrogens with zero attached hydrogens (tertiary/aromatic N) is 2. The number of amides is 3. The maximum Gasteiger partial charge on any atom is 0.414 e. The molecule has 4 rings (SSSR count). The van der Waals surface area contributed by atoms with E-state index in [2.05, 4.69) is 0 Å². The maximum atomic E-state index is 12.7. The number of carbonyl (C=O) groups excluding carboxylic acids is 2. The lowest BCUT2D eigenvalue weighted by Crippen LogP contribution is -2.34. The topological polar surface area (TPSA) is 96.4 Å². The van der Waals surface area contributed by atoms with Crippen LogP contribution in [0.5, 0.6) is 0 Å². The molecule has 8 heteroatoms. The van der Waals surface area contributed by atoms with Gasteiger partial charge in [0, 0.05) is 11.5 Å². The largest absolute Gasteiger partial charge is 0.472 e. The molecule has 0 spiro atoms. The van der Waals surface area contributed by atoms with Crippen LogP contribution in [0.25, 0.3) is 0 Å². The molecule has 3 amide bonds. The van der Waals surface area contributed by atoms with Gasteiger partial charge in [-0.25, -0.2) is 9.69 Å². The summed E-state index contributed by atoms with van der Waals surface area (Å²) in [6, 6.07) is 6.95. The lowest BCUT2D eigenvalue weighted by Gasteiger charge is -2.21. The van der Waals surface area contributed by atoms with E-state index < -0.39 is 24.3 Å². The highest BCUT2D eigenvalue weighted by molar-refractivity contribution is 6.05. The van der Waals surface area contributed by atoms with Gasteiger partial charge in [-0.05, 0) is 30.5 Å². The third-order valence-electron chi connectivity index (χ3n) is 5.24. The molecule has 1 fully saturated rings. The molecule has 2 heterocycles. The van der Waals surface area contributed by atoms with Crippen LogP contribution in [0.4, 0.5) is 4.79 Å². The number of carboxylic acid groups (broad SMARTS) is 1. The van der Waals surface area contributed by atoms with Gasteiger partial charge < -0.3 is 9.84 Å². The fraction of sp³-hybridized carbons (Fsp3) is 0.316. The number of hydrogen-bond donors (Lipinski definition) is 1. The molecule has 0 aromatic heterocycles. The van der Waals surface area contributed by atoms with Crippen molar-refractivity contribution in [3.63, 3.8) is 0 Å². The monoisotopic (exact) mass is 370 g/mol. The zero-order chi connectivity index (χ0) is 19.3. The molecule has 1 saturated heterocycles. The van der Waals surface area contributed by atoms with Gasteiger partial charge in [-0.1, -0.05) is 24.3 Å². The molecule has 3 atom stereocenters. The van der Waals surface area contributed by atoms with Crippen molar-refractivity contribution in [3.8, 4) is 0 Å². The third kappa shape index (κ3) is 2.52. The molecule has 3 unspecified atom stereocenters. The van der Waals surface area contributed by atoms with E-state index in [9.17, 15) is 19.5 Å². The van der Waals surface area contributed by atoms with Gasteiger partial charge in [0.15, 0.2) is 0 Å². The Bertz CT molecular complexity index is 905. The average Bonchev–Trinajstić information content (AvgIpc) is 3.22. The molecule has 1 N–H and O–H groups in total. The number of benzene rings is 1. The molecular formula is C19H18N2O6. The number of hydroxylamine groups is 2. The van der Waals surface area contributed by atoms with Crippen LogP contribution in [-0.4, -0.2) is 46.3 Å². The van der Waals surface area contributed by atoms with Gasteiger partial charge in [-0.3, -0.25) is 14.4 Å². The third-order valence-corrected chi connectivity index (χ3v) is 5.24. The first kappa shape index (κ1) is 17.3. The van der Waals surface area contributed by atoms with Crippen LogP contribution >= 0.6 is 0 Å². The van der Waals surface area contributed by atoms with Crippen molar-refractivity contribution in [2.75, 3.05) is 7.11 Å². The van der Waals surface area contributed by atoms with Crippen LogP contribution in [0.2, 0.25) is 0 Å². The number of carbonyl (C=O) groups is 3. The van der Waals surface area contributed by atoms with Crippen LogP contribution in [0, 0.1) is 5.92 Å². The van der Waals surface area contributed by atoms with Gasteiger partial charge >= 0.3 is 6.09 Å². The summed E-state index contributed by atoms with van der Waals surface area (Å²) in [5.74, 6) is -1.23. The van der Waals surface area contributed by atoms with Crippen molar-refractivity contribution in [2.24, 2.45) is 5.92 Å². The molecule has 0 bridgehead atoms. The number of hydrogen-bond acceptors (Lipinski definition) is 5. The van der Waals surface area contributed by atoms with Gasteiger partial charge in [-0.2, -0.15) is 5.06 Å². The van der Waals surface area contributed by atoms with Gasteiger partial charge in [-0.15, -0.1) is 0 Å². The Morgan fingerprint density at radius 3 is 2.70 bits per heavy atom. The Morgan fingerprint density at radius 1 is 1.26 bits per heavy atom. The summed E-state index contributed by atoms with van der Waals surface area (Å²) in [7, 11) is 1.35. The Hall–Kier alpha value is -3.13. The number of ether oxygens (including phenoxy) is 1. The summed E-state index contributed by atoms with van der Waals surface area (Å²) in [6.07, 6.45) is 1.31. The number of likely N-dealkylation sites (tertiary alicyclic amines) is 1. The Labute approximate surface area is 155 Å². The minimum absolute atomic E-state index is 0.278. The minimum Gasteiger partial charge on any atom is -0.472 e. The molecule has 140 valence electrons. The first-order chi connectivity index (χ1) is 12.9. The number of rotatable bonds is 3. The molecule has 8 nitrogen and oxygen atoms in total. The molecule has 1 aromatic carbocycles. The second-order valence-corrected chi connectivity index (χ2v) is 6.68. The summed E-state index contributed by atoms with van der Waals surface area (Å²) < 4.78 is 5.64. The van der Waals surface area contributed by atoms with E-state index in [4.69, 9.17) is 9.57 Å². The predicted molar refractivity (Wildman–Crippen MR) is 91.8 cm³/mol. The SMILES string of the molecule is CON1C(=O)C(C)=CC1O/C=C1/C(=O)N(C(=O)O)C2c3ccccc3CC12. The van der Waals surface area contributed by atoms with Crippen LogP contribution in [0.3, 0.4) is 0 Å². The normalized spacial score (nSPS) is 27.9. The number of imide groups is 1. The summed E-state index contributed by atoms with van der Waals surface area (Å²) >= 11 is 0. The molecule has 2 aliphatic heterocycles. The van der Waals surface area contributed by atoms with Crippen molar-refractivity contribution in [1.29, 1.82) is 0 Å². The summed E-state index contributed by atoms with van der Waals surface area (Å²) in [4.78, 5) is 42.3. The first-order valence-electron chi connectivity index (χ1n) is 8.50. The van der Waals surface area contributed by atoms with E-state index in [1.165, 1.54) is 13.4 Å². The first-order valence-corrected chi connectivity index (χ1v) is 8.50. The zero-order valence-corrected chi connectivity index (χ0v) is 14.8. The van der Waals surface area contributed by atoms with Crippen LogP contribution in [-0.2, 0) is 25.6 Å². The van der Waals surface area contributed by atoms with Crippen LogP contribution < -0.4 is 0 Å². The highest BCUT2D eigenvalue weighted by atomic mass is 16.7. The second-order valence-electron chi connectivity index (χ2n) is 6.68. The molecule has 0 radical (unpaired) electrons. The molecule has 1 aliphatic carbocycles. The van der Waals surface area contributed by atoms with Crippen LogP contribution in [0.1, 0.15) is 24.1 Å². The second kappa shape index (κ2) is 6.24. The van der Waals surface area contributed by atoms with E-state index in [0.717, 1.165) is 21.1 Å². The van der Waals surface area contributed by atoms with Gasteiger partial charge in [0.05, 0.1) is 25.0 Å². The summed E-state index contributed by atoms with van der Waals surface area (Å²) in [5.41, 5.74) is 2.60. The van der Waals surface area contributed by atoms with Gasteiger partial charge in [0.25, 0.3) is 11.8 Å². The molecule has 27 heavy (non-hydrogen) atoms. The molecular weight excluding hydrogens is 352 g/mol.